The Bertz CT molecular complexity index is 310. The molecule has 0 saturated carbocycles. The van der Waals surface area contributed by atoms with Gasteiger partial charge in [-0.25, -0.2) is 4.39 Å². The highest BCUT2D eigenvalue weighted by Crippen LogP contribution is 2.16. The Hall–Kier alpha value is -0.860. The fourth-order valence-corrected chi connectivity index (χ4v) is 1.05. The second kappa shape index (κ2) is 5.00. The lowest BCUT2D eigenvalue weighted by molar-refractivity contribution is 0.628. The quantitative estimate of drug-likeness (QED) is 0.790. The van der Waals surface area contributed by atoms with Crippen LogP contribution in [0.3, 0.4) is 0 Å². The lowest BCUT2D eigenvalue weighted by Gasteiger charge is -1.96. The molecule has 0 bridgehead atoms. The zero-order valence-corrected chi connectivity index (χ0v) is 8.11. The van der Waals surface area contributed by atoms with E-state index < -0.39 is 0 Å². The van der Waals surface area contributed by atoms with Crippen LogP contribution in [0.4, 0.5) is 4.39 Å². The maximum absolute atomic E-state index is 12.9. The molecular weight excluding hydrogens is 189 g/mol. The molecule has 1 N–H and O–H groups in total. The van der Waals surface area contributed by atoms with Gasteiger partial charge in [0.25, 0.3) is 0 Å². The third kappa shape index (κ3) is 3.17. The standard InChI is InChI=1S/C10H11ClFN/c1-13-6-2-3-8-4-5-9(11)10(12)7-8/h2-5,7,13H,6H2,1H3/b3-2+. The van der Waals surface area contributed by atoms with E-state index in [4.69, 9.17) is 11.6 Å². The minimum absolute atomic E-state index is 0.158. The van der Waals surface area contributed by atoms with Gasteiger partial charge >= 0.3 is 0 Å². The van der Waals surface area contributed by atoms with Crippen molar-refractivity contribution >= 4 is 17.7 Å². The van der Waals surface area contributed by atoms with Crippen molar-refractivity contribution in [1.29, 1.82) is 0 Å². The summed E-state index contributed by atoms with van der Waals surface area (Å²) in [4.78, 5) is 0. The Kier molecular flexibility index (Phi) is 3.93. The van der Waals surface area contributed by atoms with Crippen LogP contribution in [0, 0.1) is 5.82 Å². The van der Waals surface area contributed by atoms with E-state index in [1.54, 1.807) is 12.1 Å². The predicted molar refractivity (Wildman–Crippen MR) is 54.4 cm³/mol. The summed E-state index contributed by atoms with van der Waals surface area (Å²) >= 11 is 5.53. The van der Waals surface area contributed by atoms with Gasteiger partial charge in [0, 0.05) is 6.54 Å². The van der Waals surface area contributed by atoms with Crippen LogP contribution >= 0.6 is 11.6 Å². The van der Waals surface area contributed by atoms with Gasteiger partial charge < -0.3 is 5.32 Å². The van der Waals surface area contributed by atoms with Crippen molar-refractivity contribution in [2.75, 3.05) is 13.6 Å². The molecule has 0 aliphatic rings. The van der Waals surface area contributed by atoms with Crippen molar-refractivity contribution in [2.45, 2.75) is 0 Å². The fraction of sp³-hybridized carbons (Fsp3) is 0.200. The number of benzene rings is 1. The monoisotopic (exact) mass is 199 g/mol. The molecule has 0 radical (unpaired) electrons. The first-order valence-corrected chi connectivity index (χ1v) is 4.38. The van der Waals surface area contributed by atoms with E-state index in [2.05, 4.69) is 5.32 Å². The van der Waals surface area contributed by atoms with Crippen LogP contribution in [0.2, 0.25) is 5.02 Å². The minimum Gasteiger partial charge on any atom is -0.316 e. The molecule has 0 fully saturated rings. The molecule has 1 aromatic rings. The van der Waals surface area contributed by atoms with Gasteiger partial charge in [-0.05, 0) is 24.7 Å². The van der Waals surface area contributed by atoms with Crippen LogP contribution in [0.25, 0.3) is 6.08 Å². The van der Waals surface area contributed by atoms with Gasteiger partial charge in [-0.3, -0.25) is 0 Å². The van der Waals surface area contributed by atoms with Crippen LogP contribution in [0.1, 0.15) is 5.56 Å². The summed E-state index contributed by atoms with van der Waals surface area (Å²) in [5.74, 6) is -0.381. The predicted octanol–water partition coefficient (Wildman–Crippen LogP) is 2.71. The summed E-state index contributed by atoms with van der Waals surface area (Å²) in [6.07, 6.45) is 3.76. The molecular formula is C10H11ClFN. The van der Waals surface area contributed by atoms with E-state index >= 15 is 0 Å². The van der Waals surface area contributed by atoms with Crippen molar-refractivity contribution in [1.82, 2.24) is 5.32 Å². The number of hydrogen-bond acceptors (Lipinski definition) is 1. The summed E-state index contributed by atoms with van der Waals surface area (Å²) < 4.78 is 12.9. The zero-order valence-electron chi connectivity index (χ0n) is 7.35. The lowest BCUT2D eigenvalue weighted by Crippen LogP contribution is -2.03. The summed E-state index contributed by atoms with van der Waals surface area (Å²) in [5.41, 5.74) is 0.817. The average molecular weight is 200 g/mol. The molecule has 0 spiro atoms. The van der Waals surface area contributed by atoms with Gasteiger partial charge in [0.1, 0.15) is 5.82 Å². The normalized spacial score (nSPS) is 11.0. The summed E-state index contributed by atoms with van der Waals surface area (Å²) in [7, 11) is 1.85. The first-order chi connectivity index (χ1) is 6.24. The Labute approximate surface area is 82.2 Å². The molecule has 0 unspecified atom stereocenters. The highest BCUT2D eigenvalue weighted by Gasteiger charge is 1.97. The highest BCUT2D eigenvalue weighted by atomic mass is 35.5. The molecule has 0 amide bonds. The van der Waals surface area contributed by atoms with Crippen molar-refractivity contribution in [3.05, 3.63) is 40.7 Å². The number of halogens is 2. The largest absolute Gasteiger partial charge is 0.316 e. The van der Waals surface area contributed by atoms with Gasteiger partial charge in [0.2, 0.25) is 0 Å². The Balaban J connectivity index is 2.73. The molecule has 0 aliphatic carbocycles. The SMILES string of the molecule is CNC/C=C/c1ccc(Cl)c(F)c1. The number of likely N-dealkylation sites (N-methyl/N-ethyl adjacent to an activating group) is 1. The molecule has 0 atom stereocenters. The van der Waals surface area contributed by atoms with E-state index in [0.717, 1.165) is 12.1 Å². The summed E-state index contributed by atoms with van der Waals surface area (Å²) in [5, 5.41) is 3.12. The van der Waals surface area contributed by atoms with E-state index in [1.807, 2.05) is 19.2 Å². The highest BCUT2D eigenvalue weighted by molar-refractivity contribution is 6.30. The molecule has 13 heavy (non-hydrogen) atoms. The maximum atomic E-state index is 12.9. The van der Waals surface area contributed by atoms with Gasteiger partial charge in [-0.2, -0.15) is 0 Å². The maximum Gasteiger partial charge on any atom is 0.142 e. The Morgan fingerprint density at radius 1 is 1.54 bits per heavy atom. The van der Waals surface area contributed by atoms with Crippen LogP contribution in [0.15, 0.2) is 24.3 Å². The van der Waals surface area contributed by atoms with Crippen molar-refractivity contribution in [3.8, 4) is 0 Å². The smallest absolute Gasteiger partial charge is 0.142 e. The van der Waals surface area contributed by atoms with Gasteiger partial charge in [-0.1, -0.05) is 29.8 Å². The van der Waals surface area contributed by atoms with E-state index in [0.29, 0.717) is 0 Å². The van der Waals surface area contributed by atoms with Crippen molar-refractivity contribution < 1.29 is 4.39 Å². The Morgan fingerprint density at radius 2 is 2.31 bits per heavy atom. The van der Waals surface area contributed by atoms with Crippen LogP contribution in [-0.4, -0.2) is 13.6 Å². The van der Waals surface area contributed by atoms with E-state index in [9.17, 15) is 4.39 Å². The third-order valence-electron chi connectivity index (χ3n) is 1.58. The van der Waals surface area contributed by atoms with Crippen LogP contribution in [-0.2, 0) is 0 Å². The van der Waals surface area contributed by atoms with E-state index in [1.165, 1.54) is 6.07 Å². The van der Waals surface area contributed by atoms with E-state index in [-0.39, 0.29) is 10.8 Å². The first kappa shape index (κ1) is 10.2. The fourth-order valence-electron chi connectivity index (χ4n) is 0.929. The second-order valence-electron chi connectivity index (χ2n) is 2.63. The van der Waals surface area contributed by atoms with Crippen molar-refractivity contribution in [3.63, 3.8) is 0 Å². The average Bonchev–Trinajstić information content (AvgIpc) is 2.12. The first-order valence-electron chi connectivity index (χ1n) is 4.00. The molecule has 0 aromatic heterocycles. The van der Waals surface area contributed by atoms with Crippen LogP contribution < -0.4 is 5.32 Å². The molecule has 3 heteroatoms. The minimum atomic E-state index is -0.381. The van der Waals surface area contributed by atoms with Crippen LogP contribution in [0.5, 0.6) is 0 Å². The van der Waals surface area contributed by atoms with Gasteiger partial charge in [-0.15, -0.1) is 0 Å². The molecule has 0 saturated heterocycles. The lowest BCUT2D eigenvalue weighted by atomic mass is 10.2. The van der Waals surface area contributed by atoms with Gasteiger partial charge in [0.05, 0.1) is 5.02 Å². The summed E-state index contributed by atoms with van der Waals surface area (Å²) in [6.45, 7) is 0.768. The second-order valence-corrected chi connectivity index (χ2v) is 3.04. The van der Waals surface area contributed by atoms with Gasteiger partial charge in [0.15, 0.2) is 0 Å². The Morgan fingerprint density at radius 3 is 2.92 bits per heavy atom. The molecule has 0 heterocycles. The topological polar surface area (TPSA) is 12.0 Å². The molecule has 1 nitrogen and oxygen atoms in total. The molecule has 0 aliphatic heterocycles. The van der Waals surface area contributed by atoms with Crippen molar-refractivity contribution in [2.24, 2.45) is 0 Å². The molecule has 70 valence electrons. The number of rotatable bonds is 3. The number of hydrogen-bond donors (Lipinski definition) is 1. The molecule has 1 rings (SSSR count). The summed E-state index contributed by atoms with van der Waals surface area (Å²) in [6, 6.07) is 4.74. The molecule has 1 aromatic carbocycles. The third-order valence-corrected chi connectivity index (χ3v) is 1.88. The zero-order chi connectivity index (χ0) is 9.68. The number of nitrogens with one attached hydrogen (secondary N) is 1.